The Kier molecular flexibility index (Phi) is 115. The van der Waals surface area contributed by atoms with Crippen LogP contribution in [-0.2, 0) is 4.57 Å². The molecule has 13 nitrogen and oxygen atoms in total. The van der Waals surface area contributed by atoms with Crippen LogP contribution in [-0.4, -0.2) is 29.4 Å². The van der Waals surface area contributed by atoms with Gasteiger partial charge in [-0.05, 0) is 0 Å². The molecular weight excluding hydrogens is 258 g/mol. The third-order valence-electron chi connectivity index (χ3n) is 0. The number of hydrogen-bond acceptors (Lipinski definition) is 10. The minimum Gasteiger partial charge on any atom is -0.344 e. The first-order valence-electron chi connectivity index (χ1n) is 1.38. The van der Waals surface area contributed by atoms with E-state index in [0.717, 1.165) is 0 Å². The van der Waals surface area contributed by atoms with Crippen molar-refractivity contribution in [2.45, 2.75) is 0 Å². The molecule has 0 aromatic carbocycles. The summed E-state index contributed by atoms with van der Waals surface area (Å²) in [6, 6.07) is 0. The van der Waals surface area contributed by atoms with Gasteiger partial charge in [0, 0.05) is 0 Å². The van der Waals surface area contributed by atoms with E-state index in [1.165, 1.54) is 0 Å². The molecule has 24 N–H and O–H groups in total. The van der Waals surface area contributed by atoms with Crippen LogP contribution < -0.4 is 36.9 Å². The van der Waals surface area contributed by atoms with Crippen LogP contribution in [0.3, 0.4) is 0 Å². The average molecular weight is 282 g/mol. The smallest absolute Gasteiger partial charge is 0.344 e. The predicted molar refractivity (Wildman–Crippen MR) is 58.0 cm³/mol. The zero-order valence-electron chi connectivity index (χ0n) is 8.23. The highest BCUT2D eigenvalue weighted by atomic mass is 31.2. The molecule has 0 aliphatic heterocycles. The maximum Gasteiger partial charge on any atom is 0.466 e. The van der Waals surface area contributed by atoms with E-state index in [1.807, 2.05) is 0 Å². The van der Waals surface area contributed by atoms with E-state index in [2.05, 4.69) is 0 Å². The van der Waals surface area contributed by atoms with Gasteiger partial charge in [0.1, 0.15) is 0 Å². The lowest BCUT2D eigenvalue weighted by Crippen LogP contribution is -1.66. The van der Waals surface area contributed by atoms with Crippen molar-refractivity contribution in [2.75, 3.05) is 0 Å². The van der Waals surface area contributed by atoms with Gasteiger partial charge in [0.2, 0.25) is 0 Å². The van der Waals surface area contributed by atoms with Gasteiger partial charge < -0.3 is 66.3 Å². The molecule has 0 heterocycles. The Morgan fingerprint density at radius 3 is 0.667 bits per heavy atom. The summed E-state index contributed by atoms with van der Waals surface area (Å²) < 4.78 is 8.88. The summed E-state index contributed by atoms with van der Waals surface area (Å²) in [6.07, 6.45) is 0. The van der Waals surface area contributed by atoms with E-state index in [1.54, 1.807) is 0 Å². The van der Waals surface area contributed by atoms with Gasteiger partial charge in [-0.3, -0.25) is 0 Å². The van der Waals surface area contributed by atoms with Crippen molar-refractivity contribution >= 4 is 16.4 Å². The lowest BCUT2D eigenvalue weighted by molar-refractivity contribution is 0.275. The molecule has 0 saturated heterocycles. The van der Waals surface area contributed by atoms with Crippen molar-refractivity contribution in [1.29, 1.82) is 0 Å². The van der Waals surface area contributed by atoms with Crippen LogP contribution in [0.5, 0.6) is 0 Å². The lowest BCUT2D eigenvalue weighted by Gasteiger charge is -1.82. The Bertz CT molecular complexity index is 92.6. The third-order valence-corrected chi connectivity index (χ3v) is 0. The van der Waals surface area contributed by atoms with Crippen LogP contribution >= 0.6 is 16.4 Å². The Balaban J connectivity index is -0.00000000785. The molecule has 0 aromatic heterocycles. The fourth-order valence-corrected chi connectivity index (χ4v) is 0. The monoisotopic (exact) mass is 282 g/mol. The highest BCUT2D eigenvalue weighted by Gasteiger charge is 2.00. The zero-order valence-corrected chi connectivity index (χ0v) is 10.0. The molecule has 15 heteroatoms. The minimum absolute atomic E-state index is 0. The van der Waals surface area contributed by atoms with Crippen LogP contribution in [0, 0.1) is 0 Å². The molecule has 0 atom stereocenters. The summed E-state index contributed by atoms with van der Waals surface area (Å²) in [4.78, 5) is 43.3. The normalized spacial score (nSPS) is 6.33. The summed E-state index contributed by atoms with van der Waals surface area (Å²) >= 11 is 0. The molecule has 106 valence electrons. The van der Waals surface area contributed by atoms with E-state index < -0.39 is 16.4 Å². The standard InChI is InChI=1S/6H3N.H3O4P.H3O3P/c;;;;;;1-5(2,3)4;1-4(2)3/h6*1H3;(H3,1,2,3,4);1-3H. The van der Waals surface area contributed by atoms with Crippen molar-refractivity contribution in [2.24, 2.45) is 0 Å². The molecule has 0 saturated carbocycles. The summed E-state index contributed by atoms with van der Waals surface area (Å²) in [6.45, 7) is 0. The first kappa shape index (κ1) is 59.2. The third kappa shape index (κ3) is 64900. The van der Waals surface area contributed by atoms with E-state index in [4.69, 9.17) is 33.9 Å². The molecule has 0 amide bonds. The van der Waals surface area contributed by atoms with E-state index >= 15 is 0 Å². The molecule has 15 heavy (non-hydrogen) atoms. The second-order valence-corrected chi connectivity index (χ2v) is 2.34. The summed E-state index contributed by atoms with van der Waals surface area (Å²) in [5, 5.41) is 0. The molecule has 0 aliphatic rings. The van der Waals surface area contributed by atoms with Crippen molar-refractivity contribution in [3.8, 4) is 0 Å². The van der Waals surface area contributed by atoms with Crippen molar-refractivity contribution < 1.29 is 33.9 Å². The molecule has 0 spiro atoms. The largest absolute Gasteiger partial charge is 0.466 e. The Labute approximate surface area is 88.3 Å². The molecule has 0 fully saturated rings. The zero-order chi connectivity index (χ0) is 8.08. The molecule has 0 bridgehead atoms. The summed E-state index contributed by atoms with van der Waals surface area (Å²) in [5.41, 5.74) is 0. The van der Waals surface area contributed by atoms with E-state index in [0.29, 0.717) is 0 Å². The number of phosphoric acid groups is 1. The van der Waals surface area contributed by atoms with Gasteiger partial charge in [-0.1, -0.05) is 0 Å². The summed E-state index contributed by atoms with van der Waals surface area (Å²) in [7, 11) is -7.26. The van der Waals surface area contributed by atoms with Gasteiger partial charge in [0.15, 0.2) is 0 Å². The fraction of sp³-hybridized carbons (Fsp3) is 0. The molecule has 0 unspecified atom stereocenters. The van der Waals surface area contributed by atoms with Crippen molar-refractivity contribution in [1.82, 2.24) is 36.9 Å². The molecule has 0 rings (SSSR count). The molecule has 0 aromatic rings. The first-order valence-corrected chi connectivity index (χ1v) is 4.15. The van der Waals surface area contributed by atoms with Gasteiger partial charge in [0.25, 0.3) is 0 Å². The molecule has 0 radical (unpaired) electrons. The average Bonchev–Trinajstić information content (AvgIpc) is 1.19. The van der Waals surface area contributed by atoms with Crippen molar-refractivity contribution in [3.63, 3.8) is 0 Å². The quantitative estimate of drug-likeness (QED) is 0.243. The van der Waals surface area contributed by atoms with Gasteiger partial charge in [-0.15, -0.1) is 0 Å². The predicted octanol–water partition coefficient (Wildman–Crippen LogP) is -0.766. The van der Waals surface area contributed by atoms with E-state index in [-0.39, 0.29) is 36.9 Å². The van der Waals surface area contributed by atoms with Gasteiger partial charge in [-0.2, -0.15) is 0 Å². The Hall–Kier alpha value is 0.180. The maximum atomic E-state index is 8.88. The van der Waals surface area contributed by atoms with Crippen LogP contribution in [0.2, 0.25) is 0 Å². The number of rotatable bonds is 0. The highest BCUT2D eigenvalue weighted by molar-refractivity contribution is 7.45. The van der Waals surface area contributed by atoms with Crippen molar-refractivity contribution in [3.05, 3.63) is 0 Å². The van der Waals surface area contributed by atoms with E-state index in [9.17, 15) is 0 Å². The lowest BCUT2D eigenvalue weighted by atomic mass is 14.0. The van der Waals surface area contributed by atoms with Gasteiger partial charge >= 0.3 is 16.4 Å². The van der Waals surface area contributed by atoms with Gasteiger partial charge in [0.05, 0.1) is 0 Å². The van der Waals surface area contributed by atoms with Crippen LogP contribution in [0.1, 0.15) is 0 Å². The highest BCUT2D eigenvalue weighted by Crippen LogP contribution is 2.25. The van der Waals surface area contributed by atoms with Gasteiger partial charge in [-0.25, -0.2) is 4.57 Å². The fourth-order valence-electron chi connectivity index (χ4n) is 0. The summed E-state index contributed by atoms with van der Waals surface area (Å²) in [5.74, 6) is 0. The SMILES string of the molecule is N.N.N.N.N.N.O=P(O)(O)O.OP(O)O. The Morgan fingerprint density at radius 1 is 0.667 bits per heavy atom. The van der Waals surface area contributed by atoms with Crippen LogP contribution in [0.4, 0.5) is 0 Å². The minimum atomic E-state index is -4.64. The van der Waals surface area contributed by atoms with Crippen LogP contribution in [0.25, 0.3) is 0 Å². The second kappa shape index (κ2) is 29.2. The molecule has 0 aliphatic carbocycles. The van der Waals surface area contributed by atoms with Crippen LogP contribution in [0.15, 0.2) is 0 Å². The number of hydrogen-bond donors (Lipinski definition) is 12. The molecular formula is H24N6O7P2. The Morgan fingerprint density at radius 2 is 0.667 bits per heavy atom. The maximum absolute atomic E-state index is 8.88. The topological polar surface area (TPSA) is 348 Å². The second-order valence-electron chi connectivity index (χ2n) is 0.782. The first-order chi connectivity index (χ1) is 3.73.